The molecule has 3 N–H and O–H groups in total. The molecule has 2 heterocycles. The Morgan fingerprint density at radius 2 is 1.90 bits per heavy atom. The minimum absolute atomic E-state index is 0.139. The summed E-state index contributed by atoms with van der Waals surface area (Å²) in [6.45, 7) is 2.58. The maximum absolute atomic E-state index is 12.7. The molecule has 4 rings (SSSR count). The van der Waals surface area contributed by atoms with Crippen molar-refractivity contribution in [3.8, 4) is 5.75 Å². The third kappa shape index (κ3) is 4.00. The van der Waals surface area contributed by atoms with Gasteiger partial charge in [-0.25, -0.2) is 9.78 Å². The second-order valence-corrected chi connectivity index (χ2v) is 7.27. The molecule has 150 valence electrons. The smallest absolute Gasteiger partial charge is 0.322 e. The van der Waals surface area contributed by atoms with Gasteiger partial charge in [-0.15, -0.1) is 0 Å². The summed E-state index contributed by atoms with van der Waals surface area (Å²) in [6.07, 6.45) is 0. The second-order valence-electron chi connectivity index (χ2n) is 6.83. The van der Waals surface area contributed by atoms with Gasteiger partial charge in [-0.2, -0.15) is 0 Å². The van der Waals surface area contributed by atoms with Crippen molar-refractivity contribution < 1.29 is 9.53 Å². The van der Waals surface area contributed by atoms with Crippen LogP contribution in [0.5, 0.6) is 5.75 Å². The van der Waals surface area contributed by atoms with Crippen molar-refractivity contribution in [1.29, 1.82) is 0 Å². The van der Waals surface area contributed by atoms with E-state index in [1.807, 2.05) is 48.5 Å². The number of ether oxygens (including phenoxy) is 1. The van der Waals surface area contributed by atoms with Gasteiger partial charge in [0.15, 0.2) is 0 Å². The molecule has 0 aliphatic carbocycles. The van der Waals surface area contributed by atoms with E-state index in [0.29, 0.717) is 48.5 Å². The molecule has 2 aromatic carbocycles. The number of para-hydroxylation sites is 2. The molecule has 0 unspecified atom stereocenters. The highest BCUT2D eigenvalue weighted by atomic mass is 35.5. The lowest BCUT2D eigenvalue weighted by molar-refractivity contribution is 0.208. The Bertz CT molecular complexity index is 1050. The van der Waals surface area contributed by atoms with Crippen LogP contribution in [0.15, 0.2) is 48.5 Å². The Kier molecular flexibility index (Phi) is 5.31. The van der Waals surface area contributed by atoms with Gasteiger partial charge in [0.05, 0.1) is 18.3 Å². The number of nitrogens with two attached hydrogens (primary N) is 1. The van der Waals surface area contributed by atoms with Crippen molar-refractivity contribution >= 4 is 45.7 Å². The lowest BCUT2D eigenvalue weighted by Crippen LogP contribution is -2.50. The lowest BCUT2D eigenvalue weighted by Gasteiger charge is -2.36. The number of aromatic nitrogens is 1. The Labute approximate surface area is 174 Å². The first kappa shape index (κ1) is 19.1. The van der Waals surface area contributed by atoms with Crippen LogP contribution in [0, 0.1) is 0 Å². The molecule has 1 fully saturated rings. The number of anilines is 3. The van der Waals surface area contributed by atoms with Crippen molar-refractivity contribution in [3.63, 3.8) is 0 Å². The third-order valence-electron chi connectivity index (χ3n) is 5.03. The number of methoxy groups -OCH3 is 1. The number of piperazine rings is 1. The molecule has 0 saturated carbocycles. The van der Waals surface area contributed by atoms with Crippen molar-refractivity contribution in [1.82, 2.24) is 9.88 Å². The Morgan fingerprint density at radius 3 is 2.66 bits per heavy atom. The zero-order valence-corrected chi connectivity index (χ0v) is 16.8. The number of pyridine rings is 1. The number of benzene rings is 2. The first-order valence-corrected chi connectivity index (χ1v) is 9.72. The summed E-state index contributed by atoms with van der Waals surface area (Å²) in [6, 6.07) is 14.7. The summed E-state index contributed by atoms with van der Waals surface area (Å²) in [5.41, 5.74) is 8.44. The Hall–Kier alpha value is -3.19. The van der Waals surface area contributed by atoms with Crippen LogP contribution in [-0.4, -0.2) is 49.2 Å². The number of fused-ring (bicyclic) bond motifs is 1. The molecule has 1 aromatic heterocycles. The lowest BCUT2D eigenvalue weighted by atomic mass is 10.1. The molecule has 29 heavy (non-hydrogen) atoms. The van der Waals surface area contributed by atoms with Crippen LogP contribution in [0.3, 0.4) is 0 Å². The minimum Gasteiger partial charge on any atom is -0.495 e. The number of nitrogen functional groups attached to an aromatic ring is 1. The summed E-state index contributed by atoms with van der Waals surface area (Å²) in [5.74, 6) is 1.09. The predicted molar refractivity (Wildman–Crippen MR) is 117 cm³/mol. The van der Waals surface area contributed by atoms with Crippen molar-refractivity contribution in [2.75, 3.05) is 49.2 Å². The molecule has 0 spiro atoms. The molecule has 1 aliphatic rings. The zero-order chi connectivity index (χ0) is 20.4. The largest absolute Gasteiger partial charge is 0.495 e. The van der Waals surface area contributed by atoms with Crippen LogP contribution in [-0.2, 0) is 0 Å². The number of amides is 2. The van der Waals surface area contributed by atoms with Gasteiger partial charge < -0.3 is 25.6 Å². The normalized spacial score (nSPS) is 14.1. The first-order chi connectivity index (χ1) is 14.0. The summed E-state index contributed by atoms with van der Waals surface area (Å²) in [4.78, 5) is 21.1. The van der Waals surface area contributed by atoms with Gasteiger partial charge in [-0.05, 0) is 30.3 Å². The minimum atomic E-state index is -0.139. The summed E-state index contributed by atoms with van der Waals surface area (Å²) < 4.78 is 5.30. The van der Waals surface area contributed by atoms with Gasteiger partial charge in [-0.1, -0.05) is 23.7 Å². The number of nitrogens with one attached hydrogen (secondary N) is 1. The van der Waals surface area contributed by atoms with Crippen LogP contribution in [0.25, 0.3) is 10.9 Å². The fourth-order valence-electron chi connectivity index (χ4n) is 3.56. The number of nitrogens with zero attached hydrogens (tertiary/aromatic N) is 3. The number of carbonyl (C=O) groups is 1. The van der Waals surface area contributed by atoms with E-state index >= 15 is 0 Å². The molecule has 2 amide bonds. The van der Waals surface area contributed by atoms with Crippen molar-refractivity contribution in [2.24, 2.45) is 0 Å². The molecule has 7 nitrogen and oxygen atoms in total. The Morgan fingerprint density at radius 1 is 1.14 bits per heavy atom. The highest BCUT2D eigenvalue weighted by Crippen LogP contribution is 2.30. The van der Waals surface area contributed by atoms with Gasteiger partial charge in [0, 0.05) is 48.3 Å². The molecule has 1 aliphatic heterocycles. The molecule has 8 heteroatoms. The highest BCUT2D eigenvalue weighted by molar-refractivity contribution is 6.31. The van der Waals surface area contributed by atoms with Crippen LogP contribution < -0.4 is 20.7 Å². The fourth-order valence-corrected chi connectivity index (χ4v) is 3.72. The van der Waals surface area contributed by atoms with Gasteiger partial charge in [0.2, 0.25) is 0 Å². The number of hydrogen-bond acceptors (Lipinski definition) is 5. The maximum atomic E-state index is 12.7. The predicted octanol–water partition coefficient (Wildman–Crippen LogP) is 3.83. The van der Waals surface area contributed by atoms with Gasteiger partial charge in [0.25, 0.3) is 0 Å². The Balaban J connectivity index is 1.47. The van der Waals surface area contributed by atoms with Crippen LogP contribution in [0.1, 0.15) is 0 Å². The topological polar surface area (TPSA) is 83.7 Å². The van der Waals surface area contributed by atoms with Crippen molar-refractivity contribution in [2.45, 2.75) is 0 Å². The zero-order valence-electron chi connectivity index (χ0n) is 16.1. The van der Waals surface area contributed by atoms with E-state index in [-0.39, 0.29) is 6.03 Å². The van der Waals surface area contributed by atoms with Crippen LogP contribution in [0.4, 0.5) is 22.0 Å². The number of rotatable bonds is 3. The molecule has 3 aromatic rings. The van der Waals surface area contributed by atoms with E-state index in [1.54, 1.807) is 12.0 Å². The van der Waals surface area contributed by atoms with Gasteiger partial charge in [-0.3, -0.25) is 0 Å². The van der Waals surface area contributed by atoms with E-state index < -0.39 is 0 Å². The molecule has 0 radical (unpaired) electrons. The van der Waals surface area contributed by atoms with Crippen LogP contribution >= 0.6 is 11.6 Å². The SMILES string of the molecule is COc1ccccc1NC(=O)N1CCN(c2cc(N)nc3cc(Cl)ccc23)CC1. The van der Waals surface area contributed by atoms with Crippen molar-refractivity contribution in [3.05, 3.63) is 53.6 Å². The number of halogens is 1. The van der Waals surface area contributed by atoms with E-state index in [2.05, 4.69) is 15.2 Å². The molecule has 0 atom stereocenters. The monoisotopic (exact) mass is 411 g/mol. The molecular formula is C21H22ClN5O2. The van der Waals surface area contributed by atoms with E-state index in [1.165, 1.54) is 0 Å². The average molecular weight is 412 g/mol. The number of urea groups is 1. The van der Waals surface area contributed by atoms with Gasteiger partial charge in [0.1, 0.15) is 11.6 Å². The van der Waals surface area contributed by atoms with E-state index in [4.69, 9.17) is 22.1 Å². The summed E-state index contributed by atoms with van der Waals surface area (Å²) >= 11 is 6.10. The first-order valence-electron chi connectivity index (χ1n) is 9.35. The number of carbonyl (C=O) groups excluding carboxylic acids is 1. The van der Waals surface area contributed by atoms with E-state index in [0.717, 1.165) is 16.6 Å². The molecule has 0 bridgehead atoms. The third-order valence-corrected chi connectivity index (χ3v) is 5.26. The summed E-state index contributed by atoms with van der Waals surface area (Å²) in [5, 5.41) is 4.55. The van der Waals surface area contributed by atoms with Crippen LogP contribution in [0.2, 0.25) is 5.02 Å². The number of hydrogen-bond donors (Lipinski definition) is 2. The molecular weight excluding hydrogens is 390 g/mol. The summed E-state index contributed by atoms with van der Waals surface area (Å²) in [7, 11) is 1.59. The quantitative estimate of drug-likeness (QED) is 0.684. The second kappa shape index (κ2) is 8.05. The average Bonchev–Trinajstić information content (AvgIpc) is 2.73. The maximum Gasteiger partial charge on any atom is 0.322 e. The fraction of sp³-hybridized carbons (Fsp3) is 0.238. The van der Waals surface area contributed by atoms with E-state index in [9.17, 15) is 4.79 Å². The molecule has 1 saturated heterocycles. The standard InChI is InChI=1S/C21H22ClN5O2/c1-29-19-5-3-2-4-16(19)25-21(28)27-10-8-26(9-11-27)18-13-20(23)24-17-12-14(22)6-7-15(17)18/h2-7,12-13H,8-11H2,1H3,(H2,23,24)(H,25,28). The van der Waals surface area contributed by atoms with Gasteiger partial charge >= 0.3 is 6.03 Å². The highest BCUT2D eigenvalue weighted by Gasteiger charge is 2.23.